The Morgan fingerprint density at radius 1 is 1.25 bits per heavy atom. The number of methoxy groups -OCH3 is 1. The third-order valence-electron chi connectivity index (χ3n) is 2.30. The van der Waals surface area contributed by atoms with Gasteiger partial charge in [-0.25, -0.2) is 9.37 Å². The molecule has 0 aliphatic heterocycles. The van der Waals surface area contributed by atoms with E-state index >= 15 is 0 Å². The van der Waals surface area contributed by atoms with E-state index in [4.69, 9.17) is 10.5 Å². The lowest BCUT2D eigenvalue weighted by atomic mass is 10.1. The van der Waals surface area contributed by atoms with Gasteiger partial charge in [0.1, 0.15) is 17.4 Å². The van der Waals surface area contributed by atoms with Gasteiger partial charge in [-0.2, -0.15) is 0 Å². The van der Waals surface area contributed by atoms with Crippen LogP contribution in [0.3, 0.4) is 0 Å². The molecule has 0 saturated heterocycles. The van der Waals surface area contributed by atoms with Gasteiger partial charge in [0.2, 0.25) is 0 Å². The van der Waals surface area contributed by atoms with Crippen LogP contribution in [0.4, 0.5) is 10.2 Å². The van der Waals surface area contributed by atoms with Crippen LogP contribution >= 0.6 is 0 Å². The summed E-state index contributed by atoms with van der Waals surface area (Å²) in [4.78, 5) is 3.92. The lowest BCUT2D eigenvalue weighted by Gasteiger charge is -2.07. The first-order valence-corrected chi connectivity index (χ1v) is 4.77. The Labute approximate surface area is 92.7 Å². The first-order chi connectivity index (χ1) is 7.72. The molecule has 0 aliphatic rings. The van der Waals surface area contributed by atoms with Crippen molar-refractivity contribution in [1.82, 2.24) is 4.98 Å². The van der Waals surface area contributed by atoms with E-state index in [1.54, 1.807) is 30.5 Å². The van der Waals surface area contributed by atoms with Crippen LogP contribution in [-0.4, -0.2) is 12.1 Å². The number of pyridine rings is 1. The molecular weight excluding hydrogens is 207 g/mol. The summed E-state index contributed by atoms with van der Waals surface area (Å²) >= 11 is 0. The minimum atomic E-state index is -0.347. The molecule has 0 amide bonds. The smallest absolute Gasteiger partial charge is 0.131 e. The Balaban J connectivity index is 2.59. The molecule has 4 heteroatoms. The summed E-state index contributed by atoms with van der Waals surface area (Å²) in [5.41, 5.74) is 6.66. The Bertz CT molecular complexity index is 514. The van der Waals surface area contributed by atoms with Crippen molar-refractivity contribution < 1.29 is 9.13 Å². The largest absolute Gasteiger partial charge is 0.497 e. The van der Waals surface area contributed by atoms with E-state index in [-0.39, 0.29) is 5.82 Å². The van der Waals surface area contributed by atoms with Crippen molar-refractivity contribution in [2.24, 2.45) is 0 Å². The van der Waals surface area contributed by atoms with Gasteiger partial charge in [0, 0.05) is 17.3 Å². The molecule has 0 atom stereocenters. The van der Waals surface area contributed by atoms with E-state index < -0.39 is 0 Å². The zero-order valence-electron chi connectivity index (χ0n) is 8.77. The van der Waals surface area contributed by atoms with Crippen LogP contribution < -0.4 is 10.5 Å². The van der Waals surface area contributed by atoms with E-state index in [1.807, 2.05) is 0 Å². The third-order valence-corrected chi connectivity index (χ3v) is 2.30. The van der Waals surface area contributed by atoms with Gasteiger partial charge in [0.05, 0.1) is 7.11 Å². The van der Waals surface area contributed by atoms with Crippen molar-refractivity contribution in [3.63, 3.8) is 0 Å². The molecule has 2 aromatic rings. The van der Waals surface area contributed by atoms with Gasteiger partial charge >= 0.3 is 0 Å². The fourth-order valence-corrected chi connectivity index (χ4v) is 1.48. The SMILES string of the molecule is COc1ccc(F)c(-c2cccnc2N)c1. The lowest BCUT2D eigenvalue weighted by molar-refractivity contribution is 0.414. The maximum Gasteiger partial charge on any atom is 0.131 e. The molecule has 0 fully saturated rings. The molecule has 16 heavy (non-hydrogen) atoms. The molecular formula is C12H11FN2O. The molecule has 1 heterocycles. The molecule has 0 aliphatic carbocycles. The van der Waals surface area contributed by atoms with Crippen LogP contribution in [0.2, 0.25) is 0 Å². The second kappa shape index (κ2) is 4.18. The number of benzene rings is 1. The summed E-state index contributed by atoms with van der Waals surface area (Å²) in [5.74, 6) is 0.537. The number of hydrogen-bond acceptors (Lipinski definition) is 3. The molecule has 0 unspecified atom stereocenters. The zero-order chi connectivity index (χ0) is 11.5. The molecule has 0 saturated carbocycles. The first-order valence-electron chi connectivity index (χ1n) is 4.77. The minimum absolute atomic E-state index is 0.301. The van der Waals surface area contributed by atoms with Crippen LogP contribution in [0.5, 0.6) is 5.75 Å². The van der Waals surface area contributed by atoms with E-state index in [0.29, 0.717) is 22.7 Å². The Morgan fingerprint density at radius 2 is 2.06 bits per heavy atom. The fraction of sp³-hybridized carbons (Fsp3) is 0.0833. The first kappa shape index (κ1) is 10.4. The van der Waals surface area contributed by atoms with Gasteiger partial charge in [-0.15, -0.1) is 0 Å². The molecule has 82 valence electrons. The number of halogens is 1. The highest BCUT2D eigenvalue weighted by Crippen LogP contribution is 2.29. The quantitative estimate of drug-likeness (QED) is 0.842. The molecule has 0 spiro atoms. The number of hydrogen-bond donors (Lipinski definition) is 1. The van der Waals surface area contributed by atoms with Gasteiger partial charge in [0.15, 0.2) is 0 Å². The number of nitrogens with two attached hydrogens (primary N) is 1. The number of nitrogens with zero attached hydrogens (tertiary/aromatic N) is 1. The van der Waals surface area contributed by atoms with Crippen molar-refractivity contribution in [1.29, 1.82) is 0 Å². The average molecular weight is 218 g/mol. The van der Waals surface area contributed by atoms with Crippen molar-refractivity contribution in [3.8, 4) is 16.9 Å². The van der Waals surface area contributed by atoms with Crippen LogP contribution in [0.15, 0.2) is 36.5 Å². The molecule has 1 aromatic heterocycles. The number of ether oxygens (including phenoxy) is 1. The summed E-state index contributed by atoms with van der Waals surface area (Å²) in [5, 5.41) is 0. The molecule has 2 N–H and O–H groups in total. The fourth-order valence-electron chi connectivity index (χ4n) is 1.48. The highest BCUT2D eigenvalue weighted by Gasteiger charge is 2.09. The molecule has 1 aromatic carbocycles. The Hall–Kier alpha value is -2.10. The average Bonchev–Trinajstić information content (AvgIpc) is 2.31. The maximum atomic E-state index is 13.6. The number of nitrogen functional groups attached to an aromatic ring is 1. The van der Waals surface area contributed by atoms with Crippen LogP contribution in [-0.2, 0) is 0 Å². The van der Waals surface area contributed by atoms with Crippen LogP contribution in [0, 0.1) is 5.82 Å². The topological polar surface area (TPSA) is 48.1 Å². The van der Waals surface area contributed by atoms with Gasteiger partial charge in [0.25, 0.3) is 0 Å². The summed E-state index contributed by atoms with van der Waals surface area (Å²) < 4.78 is 18.7. The molecule has 0 radical (unpaired) electrons. The Morgan fingerprint density at radius 3 is 2.75 bits per heavy atom. The lowest BCUT2D eigenvalue weighted by Crippen LogP contribution is -1.95. The summed E-state index contributed by atoms with van der Waals surface area (Å²) in [6, 6.07) is 7.94. The second-order valence-corrected chi connectivity index (χ2v) is 3.28. The summed E-state index contributed by atoms with van der Waals surface area (Å²) in [6.07, 6.45) is 1.57. The van der Waals surface area contributed by atoms with Gasteiger partial charge in [-0.1, -0.05) is 0 Å². The predicted molar refractivity (Wildman–Crippen MR) is 60.6 cm³/mol. The van der Waals surface area contributed by atoms with Crippen LogP contribution in [0.25, 0.3) is 11.1 Å². The maximum absolute atomic E-state index is 13.6. The molecule has 2 rings (SSSR count). The normalized spacial score (nSPS) is 10.1. The van der Waals surface area contributed by atoms with Crippen LogP contribution in [0.1, 0.15) is 0 Å². The van der Waals surface area contributed by atoms with Crippen molar-refractivity contribution in [2.75, 3.05) is 12.8 Å². The van der Waals surface area contributed by atoms with Crippen molar-refractivity contribution in [2.45, 2.75) is 0 Å². The molecule has 3 nitrogen and oxygen atoms in total. The van der Waals surface area contributed by atoms with E-state index in [2.05, 4.69) is 4.98 Å². The third kappa shape index (κ3) is 1.82. The molecule has 0 bridgehead atoms. The summed E-state index contributed by atoms with van der Waals surface area (Å²) in [7, 11) is 1.53. The number of aromatic nitrogens is 1. The van der Waals surface area contributed by atoms with Gasteiger partial charge < -0.3 is 10.5 Å². The van der Waals surface area contributed by atoms with E-state index in [9.17, 15) is 4.39 Å². The van der Waals surface area contributed by atoms with E-state index in [0.717, 1.165) is 0 Å². The summed E-state index contributed by atoms with van der Waals surface area (Å²) in [6.45, 7) is 0. The second-order valence-electron chi connectivity index (χ2n) is 3.28. The highest BCUT2D eigenvalue weighted by atomic mass is 19.1. The van der Waals surface area contributed by atoms with Crippen molar-refractivity contribution >= 4 is 5.82 Å². The Kier molecular flexibility index (Phi) is 2.72. The standard InChI is InChI=1S/C12H11FN2O/c1-16-8-4-5-11(13)10(7-8)9-3-2-6-15-12(9)14/h2-7H,1H3,(H2,14,15). The van der Waals surface area contributed by atoms with Crippen molar-refractivity contribution in [3.05, 3.63) is 42.3 Å². The number of rotatable bonds is 2. The zero-order valence-corrected chi connectivity index (χ0v) is 8.77. The predicted octanol–water partition coefficient (Wildman–Crippen LogP) is 2.48. The van der Waals surface area contributed by atoms with E-state index in [1.165, 1.54) is 13.2 Å². The minimum Gasteiger partial charge on any atom is -0.497 e. The monoisotopic (exact) mass is 218 g/mol. The number of anilines is 1. The van der Waals surface area contributed by atoms with Gasteiger partial charge in [-0.3, -0.25) is 0 Å². The highest BCUT2D eigenvalue weighted by molar-refractivity contribution is 5.74. The van der Waals surface area contributed by atoms with Gasteiger partial charge in [-0.05, 0) is 30.3 Å².